The van der Waals surface area contributed by atoms with Crippen molar-refractivity contribution in [1.82, 2.24) is 9.55 Å². The molecular formula is C16H14BrClN2. The van der Waals surface area contributed by atoms with Gasteiger partial charge in [-0.15, -0.1) is 11.6 Å². The van der Waals surface area contributed by atoms with Gasteiger partial charge in [-0.05, 0) is 53.0 Å². The SMILES string of the molecule is Cc1cccc(-n2c(CCl)nc3cccc(C)c32)c1Br. The third-order valence-corrected chi connectivity index (χ3v) is 4.75. The Hall–Kier alpha value is -1.32. The fraction of sp³-hybridized carbons (Fsp3) is 0.188. The van der Waals surface area contributed by atoms with Gasteiger partial charge in [0.2, 0.25) is 0 Å². The number of benzene rings is 2. The molecular weight excluding hydrogens is 336 g/mol. The maximum absolute atomic E-state index is 6.10. The minimum atomic E-state index is 0.383. The Morgan fingerprint density at radius 2 is 1.80 bits per heavy atom. The van der Waals surface area contributed by atoms with Crippen LogP contribution >= 0.6 is 27.5 Å². The predicted octanol–water partition coefficient (Wildman–Crippen LogP) is 5.14. The van der Waals surface area contributed by atoms with E-state index in [0.29, 0.717) is 5.88 Å². The summed E-state index contributed by atoms with van der Waals surface area (Å²) in [6.45, 7) is 4.18. The number of fused-ring (bicyclic) bond motifs is 1. The van der Waals surface area contributed by atoms with Gasteiger partial charge in [-0.2, -0.15) is 0 Å². The highest BCUT2D eigenvalue weighted by Crippen LogP contribution is 2.31. The summed E-state index contributed by atoms with van der Waals surface area (Å²) >= 11 is 9.78. The van der Waals surface area contributed by atoms with Crippen molar-refractivity contribution in [2.45, 2.75) is 19.7 Å². The van der Waals surface area contributed by atoms with Crippen molar-refractivity contribution < 1.29 is 0 Å². The second kappa shape index (κ2) is 5.23. The molecule has 1 aromatic heterocycles. The topological polar surface area (TPSA) is 17.8 Å². The molecule has 1 heterocycles. The summed E-state index contributed by atoms with van der Waals surface area (Å²) in [4.78, 5) is 4.65. The van der Waals surface area contributed by atoms with Gasteiger partial charge in [0, 0.05) is 4.47 Å². The predicted molar refractivity (Wildman–Crippen MR) is 87.8 cm³/mol. The number of nitrogens with zero attached hydrogens (tertiary/aromatic N) is 2. The number of aromatic nitrogens is 2. The van der Waals surface area contributed by atoms with E-state index in [1.807, 2.05) is 12.1 Å². The molecule has 4 heteroatoms. The Kier molecular flexibility index (Phi) is 3.57. The average molecular weight is 350 g/mol. The highest BCUT2D eigenvalue weighted by Gasteiger charge is 2.15. The summed E-state index contributed by atoms with van der Waals surface area (Å²) < 4.78 is 3.23. The molecule has 102 valence electrons. The fourth-order valence-electron chi connectivity index (χ4n) is 2.50. The van der Waals surface area contributed by atoms with Crippen molar-refractivity contribution in [2.75, 3.05) is 0 Å². The molecule has 0 bridgehead atoms. The number of halogens is 2. The quantitative estimate of drug-likeness (QED) is 0.585. The third kappa shape index (κ3) is 2.05. The molecule has 0 spiro atoms. The van der Waals surface area contributed by atoms with Crippen molar-refractivity contribution in [1.29, 1.82) is 0 Å². The lowest BCUT2D eigenvalue weighted by Crippen LogP contribution is -2.02. The molecule has 0 fully saturated rings. The summed E-state index contributed by atoms with van der Waals surface area (Å²) in [5, 5.41) is 0. The summed E-state index contributed by atoms with van der Waals surface area (Å²) in [6, 6.07) is 12.4. The number of imidazole rings is 1. The average Bonchev–Trinajstić information content (AvgIpc) is 2.82. The smallest absolute Gasteiger partial charge is 0.129 e. The molecule has 0 radical (unpaired) electrons. The van der Waals surface area contributed by atoms with Crippen LogP contribution in [0.2, 0.25) is 0 Å². The fourth-order valence-corrected chi connectivity index (χ4v) is 3.12. The van der Waals surface area contributed by atoms with Gasteiger partial charge in [-0.25, -0.2) is 4.98 Å². The summed E-state index contributed by atoms with van der Waals surface area (Å²) in [5.41, 5.74) is 5.57. The molecule has 2 aromatic carbocycles. The van der Waals surface area contributed by atoms with Crippen molar-refractivity contribution in [3.05, 3.63) is 57.8 Å². The van der Waals surface area contributed by atoms with Gasteiger partial charge in [-0.3, -0.25) is 4.57 Å². The lowest BCUT2D eigenvalue weighted by atomic mass is 10.2. The number of alkyl halides is 1. The molecule has 0 atom stereocenters. The van der Waals surface area contributed by atoms with Crippen LogP contribution in [0.15, 0.2) is 40.9 Å². The van der Waals surface area contributed by atoms with Crippen molar-refractivity contribution >= 4 is 38.6 Å². The van der Waals surface area contributed by atoms with E-state index in [0.717, 1.165) is 27.0 Å². The number of hydrogen-bond donors (Lipinski definition) is 0. The van der Waals surface area contributed by atoms with Gasteiger partial charge in [0.05, 0.1) is 22.6 Å². The monoisotopic (exact) mass is 348 g/mol. The minimum Gasteiger partial charge on any atom is -0.294 e. The molecule has 20 heavy (non-hydrogen) atoms. The van der Waals surface area contributed by atoms with Crippen LogP contribution in [0.1, 0.15) is 17.0 Å². The van der Waals surface area contributed by atoms with E-state index in [4.69, 9.17) is 11.6 Å². The second-order valence-electron chi connectivity index (χ2n) is 4.85. The zero-order valence-electron chi connectivity index (χ0n) is 11.3. The number of rotatable bonds is 2. The van der Waals surface area contributed by atoms with Crippen LogP contribution in [-0.4, -0.2) is 9.55 Å². The Morgan fingerprint density at radius 3 is 2.55 bits per heavy atom. The highest BCUT2D eigenvalue weighted by atomic mass is 79.9. The third-order valence-electron chi connectivity index (χ3n) is 3.48. The van der Waals surface area contributed by atoms with Gasteiger partial charge in [0.25, 0.3) is 0 Å². The van der Waals surface area contributed by atoms with Crippen LogP contribution in [0.5, 0.6) is 0 Å². The molecule has 0 amide bonds. The molecule has 0 aliphatic heterocycles. The summed E-state index contributed by atoms with van der Waals surface area (Å²) in [5.74, 6) is 1.25. The second-order valence-corrected chi connectivity index (χ2v) is 5.91. The normalized spacial score (nSPS) is 11.2. The van der Waals surface area contributed by atoms with Crippen LogP contribution in [0.3, 0.4) is 0 Å². The Morgan fingerprint density at radius 1 is 1.10 bits per heavy atom. The lowest BCUT2D eigenvalue weighted by Gasteiger charge is -2.12. The maximum atomic E-state index is 6.10. The van der Waals surface area contributed by atoms with Gasteiger partial charge >= 0.3 is 0 Å². The van der Waals surface area contributed by atoms with E-state index in [1.54, 1.807) is 0 Å². The van der Waals surface area contributed by atoms with Crippen molar-refractivity contribution in [2.24, 2.45) is 0 Å². The first-order chi connectivity index (χ1) is 9.63. The molecule has 0 unspecified atom stereocenters. The van der Waals surface area contributed by atoms with E-state index in [-0.39, 0.29) is 0 Å². The maximum Gasteiger partial charge on any atom is 0.129 e. The Balaban J connectivity index is 2.43. The van der Waals surface area contributed by atoms with Crippen LogP contribution < -0.4 is 0 Å². The van der Waals surface area contributed by atoms with E-state index in [2.05, 4.69) is 63.6 Å². The van der Waals surface area contributed by atoms with E-state index < -0.39 is 0 Å². The molecule has 0 aliphatic rings. The first-order valence-electron chi connectivity index (χ1n) is 6.42. The molecule has 0 saturated heterocycles. The van der Waals surface area contributed by atoms with Crippen LogP contribution in [0, 0.1) is 13.8 Å². The summed E-state index contributed by atoms with van der Waals surface area (Å²) in [6.07, 6.45) is 0. The lowest BCUT2D eigenvalue weighted by molar-refractivity contribution is 0.972. The molecule has 3 aromatic rings. The van der Waals surface area contributed by atoms with Crippen molar-refractivity contribution in [3.63, 3.8) is 0 Å². The number of para-hydroxylation sites is 1. The van der Waals surface area contributed by atoms with Crippen molar-refractivity contribution in [3.8, 4) is 5.69 Å². The van der Waals surface area contributed by atoms with E-state index in [9.17, 15) is 0 Å². The molecule has 0 aliphatic carbocycles. The highest BCUT2D eigenvalue weighted by molar-refractivity contribution is 9.10. The molecule has 0 N–H and O–H groups in total. The largest absolute Gasteiger partial charge is 0.294 e. The van der Waals surface area contributed by atoms with Crippen LogP contribution in [0.25, 0.3) is 16.7 Å². The van der Waals surface area contributed by atoms with Gasteiger partial charge in [0.1, 0.15) is 5.82 Å². The van der Waals surface area contributed by atoms with Gasteiger partial charge < -0.3 is 0 Å². The van der Waals surface area contributed by atoms with Gasteiger partial charge in [0.15, 0.2) is 0 Å². The number of hydrogen-bond acceptors (Lipinski definition) is 1. The standard InChI is InChI=1S/C16H14BrClN2/c1-10-5-4-8-13(15(10)17)20-14(9-18)19-12-7-3-6-11(2)16(12)20/h3-8H,9H2,1-2H3. The van der Waals surface area contributed by atoms with Gasteiger partial charge in [-0.1, -0.05) is 24.3 Å². The van der Waals surface area contributed by atoms with Crippen LogP contribution in [0.4, 0.5) is 0 Å². The molecule has 3 rings (SSSR count). The molecule has 2 nitrogen and oxygen atoms in total. The Bertz CT molecular complexity index is 793. The minimum absolute atomic E-state index is 0.383. The molecule has 0 saturated carbocycles. The zero-order valence-corrected chi connectivity index (χ0v) is 13.7. The number of aryl methyl sites for hydroxylation is 2. The van der Waals surface area contributed by atoms with E-state index >= 15 is 0 Å². The summed E-state index contributed by atoms with van der Waals surface area (Å²) in [7, 11) is 0. The zero-order chi connectivity index (χ0) is 14.3. The Labute approximate surface area is 131 Å². The van der Waals surface area contributed by atoms with Crippen LogP contribution in [-0.2, 0) is 5.88 Å². The first kappa shape index (κ1) is 13.7. The van der Waals surface area contributed by atoms with E-state index in [1.165, 1.54) is 11.1 Å². The first-order valence-corrected chi connectivity index (χ1v) is 7.74.